The van der Waals surface area contributed by atoms with Crippen LogP contribution in [-0.2, 0) is 17.8 Å². The molecule has 6 heteroatoms. The molecule has 2 aromatic rings. The van der Waals surface area contributed by atoms with E-state index in [-0.39, 0.29) is 11.5 Å². The van der Waals surface area contributed by atoms with Gasteiger partial charge in [-0.3, -0.25) is 9.69 Å². The lowest BCUT2D eigenvalue weighted by atomic mass is 10.1. The highest BCUT2D eigenvalue weighted by Crippen LogP contribution is 2.11. The van der Waals surface area contributed by atoms with Crippen LogP contribution in [0.4, 0.5) is 0 Å². The summed E-state index contributed by atoms with van der Waals surface area (Å²) in [6.07, 6.45) is 2.33. The SMILES string of the molecule is N#C/C(=C/NCCc1ccc(Cl)cc1)C(=O)N1CCN(Cc2ccccc2)CC1. The number of hydrogen-bond donors (Lipinski definition) is 1. The maximum Gasteiger partial charge on any atom is 0.266 e. The van der Waals surface area contributed by atoms with Crippen LogP contribution >= 0.6 is 11.6 Å². The quantitative estimate of drug-likeness (QED) is 0.434. The number of carbonyl (C=O) groups is 1. The van der Waals surface area contributed by atoms with Gasteiger partial charge in [0.25, 0.3) is 5.91 Å². The smallest absolute Gasteiger partial charge is 0.266 e. The fraction of sp³-hybridized carbons (Fsp3) is 0.304. The molecule has 150 valence electrons. The molecule has 1 heterocycles. The first-order chi connectivity index (χ1) is 14.2. The van der Waals surface area contributed by atoms with Gasteiger partial charge < -0.3 is 10.2 Å². The van der Waals surface area contributed by atoms with Crippen molar-refractivity contribution in [2.45, 2.75) is 13.0 Å². The van der Waals surface area contributed by atoms with E-state index in [9.17, 15) is 10.1 Å². The van der Waals surface area contributed by atoms with E-state index >= 15 is 0 Å². The molecule has 1 fully saturated rings. The molecule has 1 saturated heterocycles. The van der Waals surface area contributed by atoms with Crippen LogP contribution < -0.4 is 5.32 Å². The molecule has 1 amide bonds. The molecule has 1 N–H and O–H groups in total. The Hall–Kier alpha value is -2.81. The van der Waals surface area contributed by atoms with Crippen LogP contribution in [0.3, 0.4) is 0 Å². The van der Waals surface area contributed by atoms with Gasteiger partial charge in [0.15, 0.2) is 0 Å². The molecule has 0 radical (unpaired) electrons. The molecule has 29 heavy (non-hydrogen) atoms. The number of piperazine rings is 1. The van der Waals surface area contributed by atoms with E-state index in [4.69, 9.17) is 11.6 Å². The summed E-state index contributed by atoms with van der Waals surface area (Å²) in [6, 6.07) is 20.0. The minimum Gasteiger partial charge on any atom is -0.389 e. The second kappa shape index (κ2) is 10.7. The van der Waals surface area contributed by atoms with Crippen molar-refractivity contribution in [2.24, 2.45) is 0 Å². The predicted molar refractivity (Wildman–Crippen MR) is 115 cm³/mol. The van der Waals surface area contributed by atoms with Crippen LogP contribution in [0.25, 0.3) is 0 Å². The van der Waals surface area contributed by atoms with Gasteiger partial charge in [-0.1, -0.05) is 54.1 Å². The molecule has 0 aliphatic carbocycles. The summed E-state index contributed by atoms with van der Waals surface area (Å²) in [7, 11) is 0. The van der Waals surface area contributed by atoms with E-state index < -0.39 is 0 Å². The second-order valence-corrected chi connectivity index (χ2v) is 7.49. The zero-order valence-corrected chi connectivity index (χ0v) is 17.1. The summed E-state index contributed by atoms with van der Waals surface area (Å²) >= 11 is 5.89. The predicted octanol–water partition coefficient (Wildman–Crippen LogP) is 3.22. The van der Waals surface area contributed by atoms with Crippen molar-refractivity contribution in [1.82, 2.24) is 15.1 Å². The van der Waals surface area contributed by atoms with Crippen molar-refractivity contribution in [1.29, 1.82) is 5.26 Å². The number of halogens is 1. The Balaban J connectivity index is 1.45. The first-order valence-electron chi connectivity index (χ1n) is 9.79. The van der Waals surface area contributed by atoms with Crippen molar-refractivity contribution in [3.8, 4) is 6.07 Å². The number of benzene rings is 2. The van der Waals surface area contributed by atoms with Crippen molar-refractivity contribution in [2.75, 3.05) is 32.7 Å². The van der Waals surface area contributed by atoms with E-state index in [0.717, 1.165) is 31.6 Å². The third-order valence-electron chi connectivity index (χ3n) is 4.98. The summed E-state index contributed by atoms with van der Waals surface area (Å²) in [5.41, 5.74) is 2.57. The fourth-order valence-electron chi connectivity index (χ4n) is 3.30. The highest BCUT2D eigenvalue weighted by atomic mass is 35.5. The van der Waals surface area contributed by atoms with Crippen LogP contribution in [-0.4, -0.2) is 48.4 Å². The van der Waals surface area contributed by atoms with Gasteiger partial charge in [0.1, 0.15) is 11.6 Å². The molecule has 0 unspecified atom stereocenters. The van der Waals surface area contributed by atoms with Crippen molar-refractivity contribution in [3.63, 3.8) is 0 Å². The topological polar surface area (TPSA) is 59.4 Å². The summed E-state index contributed by atoms with van der Waals surface area (Å²) in [5.74, 6) is -0.203. The van der Waals surface area contributed by atoms with Crippen LogP contribution in [0.2, 0.25) is 5.02 Å². The molecular formula is C23H25ClN4O. The number of rotatable bonds is 7. The third kappa shape index (κ3) is 6.35. The lowest BCUT2D eigenvalue weighted by Gasteiger charge is -2.34. The number of amides is 1. The van der Waals surface area contributed by atoms with Gasteiger partial charge in [-0.15, -0.1) is 0 Å². The first kappa shape index (κ1) is 20.9. The van der Waals surface area contributed by atoms with Gasteiger partial charge >= 0.3 is 0 Å². The van der Waals surface area contributed by atoms with Crippen molar-refractivity contribution < 1.29 is 4.79 Å². The molecule has 0 bridgehead atoms. The number of nitrogens with one attached hydrogen (secondary N) is 1. The summed E-state index contributed by atoms with van der Waals surface area (Å²) < 4.78 is 0. The lowest BCUT2D eigenvalue weighted by Crippen LogP contribution is -2.48. The van der Waals surface area contributed by atoms with Crippen molar-refractivity contribution in [3.05, 3.63) is 82.5 Å². The average molecular weight is 409 g/mol. The average Bonchev–Trinajstić information content (AvgIpc) is 2.76. The zero-order valence-electron chi connectivity index (χ0n) is 16.4. The Bertz CT molecular complexity index is 866. The highest BCUT2D eigenvalue weighted by molar-refractivity contribution is 6.30. The Morgan fingerprint density at radius 1 is 1.03 bits per heavy atom. The molecule has 0 atom stereocenters. The van der Waals surface area contributed by atoms with Gasteiger partial charge in [0.2, 0.25) is 0 Å². The van der Waals surface area contributed by atoms with Crippen LogP contribution in [0.1, 0.15) is 11.1 Å². The fourth-order valence-corrected chi connectivity index (χ4v) is 3.43. The molecule has 3 rings (SSSR count). The van der Waals surface area contributed by atoms with Crippen molar-refractivity contribution >= 4 is 17.5 Å². The highest BCUT2D eigenvalue weighted by Gasteiger charge is 2.23. The maximum absolute atomic E-state index is 12.7. The summed E-state index contributed by atoms with van der Waals surface area (Å²) in [5, 5.41) is 13.2. The number of nitrogens with zero attached hydrogens (tertiary/aromatic N) is 3. The van der Waals surface area contributed by atoms with Crippen LogP contribution in [0.15, 0.2) is 66.4 Å². The molecular weight excluding hydrogens is 384 g/mol. The van der Waals surface area contributed by atoms with E-state index in [1.54, 1.807) is 4.90 Å². The molecule has 0 saturated carbocycles. The summed E-state index contributed by atoms with van der Waals surface area (Å²) in [6.45, 7) is 4.42. The van der Waals surface area contributed by atoms with Gasteiger partial charge in [0, 0.05) is 50.5 Å². The lowest BCUT2D eigenvalue weighted by molar-refractivity contribution is -0.128. The number of nitriles is 1. The van der Waals surface area contributed by atoms with Gasteiger partial charge in [-0.25, -0.2) is 0 Å². The largest absolute Gasteiger partial charge is 0.389 e. The van der Waals surface area contributed by atoms with E-state index in [0.29, 0.717) is 24.7 Å². The second-order valence-electron chi connectivity index (χ2n) is 7.05. The Morgan fingerprint density at radius 2 is 1.72 bits per heavy atom. The molecule has 1 aliphatic heterocycles. The molecule has 1 aliphatic rings. The summed E-state index contributed by atoms with van der Waals surface area (Å²) in [4.78, 5) is 16.8. The third-order valence-corrected chi connectivity index (χ3v) is 5.23. The van der Waals surface area contributed by atoms with E-state index in [1.807, 2.05) is 48.5 Å². The molecule has 5 nitrogen and oxygen atoms in total. The normalized spacial score (nSPS) is 15.0. The first-order valence-corrected chi connectivity index (χ1v) is 10.2. The minimum atomic E-state index is -0.203. The standard InChI is InChI=1S/C23H25ClN4O/c24-22-8-6-19(7-9-22)10-11-26-17-21(16-25)23(29)28-14-12-27(13-15-28)18-20-4-2-1-3-5-20/h1-9,17,26H,10-15,18H2/b21-17-. The Morgan fingerprint density at radius 3 is 2.38 bits per heavy atom. The van der Waals surface area contributed by atoms with Crippen LogP contribution in [0.5, 0.6) is 0 Å². The Labute approximate surface area is 177 Å². The minimum absolute atomic E-state index is 0.151. The Kier molecular flexibility index (Phi) is 7.69. The van der Waals surface area contributed by atoms with Crippen LogP contribution in [0, 0.1) is 11.3 Å². The molecule has 2 aromatic carbocycles. The molecule has 0 spiro atoms. The van der Waals surface area contributed by atoms with Gasteiger partial charge in [-0.2, -0.15) is 5.26 Å². The number of hydrogen-bond acceptors (Lipinski definition) is 4. The monoisotopic (exact) mass is 408 g/mol. The zero-order chi connectivity index (χ0) is 20.5. The van der Waals surface area contributed by atoms with E-state index in [2.05, 4.69) is 22.3 Å². The van der Waals surface area contributed by atoms with Gasteiger partial charge in [-0.05, 0) is 29.7 Å². The van der Waals surface area contributed by atoms with E-state index in [1.165, 1.54) is 11.8 Å². The number of carbonyl (C=O) groups excluding carboxylic acids is 1. The maximum atomic E-state index is 12.7. The molecule has 0 aromatic heterocycles. The van der Waals surface area contributed by atoms with Gasteiger partial charge in [0.05, 0.1) is 0 Å².